The molecule has 0 heterocycles. The van der Waals surface area contributed by atoms with E-state index < -0.39 is 4.92 Å². The number of rotatable bonds is 5. The monoisotopic (exact) mass is 399 g/mol. The molecule has 0 aliphatic heterocycles. The summed E-state index contributed by atoms with van der Waals surface area (Å²) in [6.07, 6.45) is -0.157. The zero-order valence-corrected chi connectivity index (χ0v) is 13.7. The second-order valence-electron chi connectivity index (χ2n) is 4.59. The Labute approximate surface area is 136 Å². The summed E-state index contributed by atoms with van der Waals surface area (Å²) in [6.45, 7) is 3.63. The number of halogens is 1. The third-order valence-electron chi connectivity index (χ3n) is 2.56. The number of para-hydroxylation sites is 1. The molecule has 6 heteroatoms. The summed E-state index contributed by atoms with van der Waals surface area (Å²) >= 11 is 2.17. The first kappa shape index (κ1) is 15.6. The van der Waals surface area contributed by atoms with Crippen LogP contribution in [0.3, 0.4) is 0 Å². The first-order valence-electron chi connectivity index (χ1n) is 6.35. The molecule has 110 valence electrons. The van der Waals surface area contributed by atoms with Gasteiger partial charge in [-0.25, -0.2) is 0 Å². The molecule has 0 N–H and O–H groups in total. The molecule has 0 bridgehead atoms. The molecule has 0 radical (unpaired) electrons. The van der Waals surface area contributed by atoms with Crippen LogP contribution >= 0.6 is 22.6 Å². The third-order valence-corrected chi connectivity index (χ3v) is 3.45. The van der Waals surface area contributed by atoms with E-state index >= 15 is 0 Å². The van der Waals surface area contributed by atoms with E-state index in [-0.39, 0.29) is 17.5 Å². The minimum Gasteiger partial charge on any atom is -0.484 e. The molecule has 21 heavy (non-hydrogen) atoms. The van der Waals surface area contributed by atoms with Crippen molar-refractivity contribution in [2.45, 2.75) is 20.0 Å². The molecule has 0 aliphatic carbocycles. The first-order valence-corrected chi connectivity index (χ1v) is 7.42. The van der Waals surface area contributed by atoms with Gasteiger partial charge in [0.2, 0.25) is 5.75 Å². The van der Waals surface area contributed by atoms with Crippen molar-refractivity contribution in [3.63, 3.8) is 0 Å². The maximum atomic E-state index is 11.0. The van der Waals surface area contributed by atoms with Crippen molar-refractivity contribution in [2.75, 3.05) is 0 Å². The molecule has 0 spiro atoms. The zero-order valence-electron chi connectivity index (χ0n) is 11.6. The van der Waals surface area contributed by atoms with Gasteiger partial charge in [0.15, 0.2) is 0 Å². The maximum absolute atomic E-state index is 11.0. The van der Waals surface area contributed by atoms with Gasteiger partial charge >= 0.3 is 5.69 Å². The fourth-order valence-electron chi connectivity index (χ4n) is 1.71. The average molecular weight is 399 g/mol. The normalized spacial score (nSPS) is 10.5. The first-order chi connectivity index (χ1) is 9.97. The lowest BCUT2D eigenvalue weighted by Gasteiger charge is -2.12. The third kappa shape index (κ3) is 4.07. The van der Waals surface area contributed by atoms with E-state index in [1.807, 2.05) is 38.1 Å². The van der Waals surface area contributed by atoms with Gasteiger partial charge in [0.05, 0.1) is 14.6 Å². The number of benzene rings is 2. The van der Waals surface area contributed by atoms with Crippen LogP contribution in [-0.4, -0.2) is 11.0 Å². The van der Waals surface area contributed by atoms with Gasteiger partial charge in [-0.2, -0.15) is 0 Å². The van der Waals surface area contributed by atoms with Crippen LogP contribution in [0.25, 0.3) is 0 Å². The van der Waals surface area contributed by atoms with Crippen LogP contribution in [0.2, 0.25) is 0 Å². The van der Waals surface area contributed by atoms with Crippen molar-refractivity contribution in [3.05, 3.63) is 56.1 Å². The number of ether oxygens (including phenoxy) is 2. The molecule has 5 nitrogen and oxygen atoms in total. The molecule has 2 aromatic carbocycles. The highest BCUT2D eigenvalue weighted by Gasteiger charge is 2.17. The molecule has 0 aliphatic rings. The van der Waals surface area contributed by atoms with Crippen LogP contribution < -0.4 is 9.47 Å². The Kier molecular flexibility index (Phi) is 5.00. The van der Waals surface area contributed by atoms with E-state index in [2.05, 4.69) is 22.6 Å². The van der Waals surface area contributed by atoms with Crippen LogP contribution in [0.5, 0.6) is 17.2 Å². The summed E-state index contributed by atoms with van der Waals surface area (Å²) in [4.78, 5) is 10.5. The molecule has 2 aromatic rings. The van der Waals surface area contributed by atoms with Crippen molar-refractivity contribution in [3.8, 4) is 17.2 Å². The summed E-state index contributed by atoms with van der Waals surface area (Å²) in [6, 6.07) is 12.0. The molecule has 0 atom stereocenters. The molecule has 0 unspecified atom stereocenters. The van der Waals surface area contributed by atoms with E-state index in [1.54, 1.807) is 12.1 Å². The predicted octanol–water partition coefficient (Wildman–Crippen LogP) is 4.78. The van der Waals surface area contributed by atoms with Gasteiger partial charge in [0.1, 0.15) is 11.5 Å². The number of nitro benzene ring substituents is 1. The van der Waals surface area contributed by atoms with Gasteiger partial charge in [0.25, 0.3) is 0 Å². The molecule has 0 amide bonds. The fraction of sp³-hybridized carbons (Fsp3) is 0.200. The molecule has 2 rings (SSSR count). The van der Waals surface area contributed by atoms with Crippen LogP contribution in [-0.2, 0) is 0 Å². The summed E-state index contributed by atoms with van der Waals surface area (Å²) in [5, 5.41) is 11.0. The smallest absolute Gasteiger partial charge is 0.311 e. The van der Waals surface area contributed by atoms with Gasteiger partial charge in [-0.15, -0.1) is 0 Å². The molecular formula is C15H14INO4. The molecule has 0 fully saturated rings. The topological polar surface area (TPSA) is 61.6 Å². The predicted molar refractivity (Wildman–Crippen MR) is 88.1 cm³/mol. The van der Waals surface area contributed by atoms with Gasteiger partial charge < -0.3 is 9.47 Å². The number of nitrogens with zero attached hydrogens (tertiary/aromatic N) is 1. The molecule has 0 saturated carbocycles. The average Bonchev–Trinajstić information content (AvgIpc) is 2.40. The van der Waals surface area contributed by atoms with E-state index in [0.717, 1.165) is 3.57 Å². The highest BCUT2D eigenvalue weighted by Crippen LogP contribution is 2.34. The Hall–Kier alpha value is -1.83. The lowest BCUT2D eigenvalue weighted by Crippen LogP contribution is -2.07. The highest BCUT2D eigenvalue weighted by molar-refractivity contribution is 14.1. The lowest BCUT2D eigenvalue weighted by atomic mass is 10.2. The quantitative estimate of drug-likeness (QED) is 0.413. The Morgan fingerprint density at radius 1 is 1.14 bits per heavy atom. The Balaban J connectivity index is 2.33. The number of hydrogen-bond acceptors (Lipinski definition) is 4. The maximum Gasteiger partial charge on any atom is 0.311 e. The van der Waals surface area contributed by atoms with Crippen LogP contribution in [0, 0.1) is 13.7 Å². The van der Waals surface area contributed by atoms with E-state index in [4.69, 9.17) is 9.47 Å². The Morgan fingerprint density at radius 3 is 2.48 bits per heavy atom. The summed E-state index contributed by atoms with van der Waals surface area (Å²) < 4.78 is 12.2. The minimum atomic E-state index is -0.465. The highest BCUT2D eigenvalue weighted by atomic mass is 127. The standard InChI is InChI=1S/C15H14INO4/c1-10(2)20-15-9-11(7-8-13(15)17(18)19)21-14-6-4-3-5-12(14)16/h3-10H,1-2H3. The van der Waals surface area contributed by atoms with Crippen LogP contribution in [0.1, 0.15) is 13.8 Å². The van der Waals surface area contributed by atoms with Crippen molar-refractivity contribution in [1.29, 1.82) is 0 Å². The van der Waals surface area contributed by atoms with E-state index in [0.29, 0.717) is 11.5 Å². The van der Waals surface area contributed by atoms with Crippen molar-refractivity contribution >= 4 is 28.3 Å². The van der Waals surface area contributed by atoms with E-state index in [9.17, 15) is 10.1 Å². The molecular weight excluding hydrogens is 385 g/mol. The van der Waals surface area contributed by atoms with Crippen LogP contribution in [0.4, 0.5) is 5.69 Å². The van der Waals surface area contributed by atoms with E-state index in [1.165, 1.54) is 6.07 Å². The SMILES string of the molecule is CC(C)Oc1cc(Oc2ccccc2I)ccc1[N+](=O)[O-]. The Bertz CT molecular complexity index is 658. The second kappa shape index (κ2) is 6.75. The van der Waals surface area contributed by atoms with Gasteiger partial charge in [-0.1, -0.05) is 12.1 Å². The second-order valence-corrected chi connectivity index (χ2v) is 5.75. The van der Waals surface area contributed by atoms with Gasteiger partial charge in [-0.3, -0.25) is 10.1 Å². The summed E-state index contributed by atoms with van der Waals surface area (Å²) in [5.74, 6) is 1.40. The van der Waals surface area contributed by atoms with Crippen molar-refractivity contribution < 1.29 is 14.4 Å². The fourth-order valence-corrected chi connectivity index (χ4v) is 2.21. The molecule has 0 aromatic heterocycles. The summed E-state index contributed by atoms with van der Waals surface area (Å²) in [5.41, 5.74) is -0.0705. The van der Waals surface area contributed by atoms with Gasteiger partial charge in [0, 0.05) is 12.1 Å². The Morgan fingerprint density at radius 2 is 1.86 bits per heavy atom. The lowest BCUT2D eigenvalue weighted by molar-refractivity contribution is -0.386. The van der Waals surface area contributed by atoms with Crippen molar-refractivity contribution in [2.24, 2.45) is 0 Å². The van der Waals surface area contributed by atoms with Crippen molar-refractivity contribution in [1.82, 2.24) is 0 Å². The van der Waals surface area contributed by atoms with Crippen LogP contribution in [0.15, 0.2) is 42.5 Å². The molecule has 0 saturated heterocycles. The minimum absolute atomic E-state index is 0.0705. The largest absolute Gasteiger partial charge is 0.484 e. The summed E-state index contributed by atoms with van der Waals surface area (Å²) in [7, 11) is 0. The number of hydrogen-bond donors (Lipinski definition) is 0. The zero-order chi connectivity index (χ0) is 15.4. The number of nitro groups is 1. The van der Waals surface area contributed by atoms with Gasteiger partial charge in [-0.05, 0) is 54.6 Å².